The van der Waals surface area contributed by atoms with Crippen molar-refractivity contribution in [2.45, 2.75) is 32.2 Å². The summed E-state index contributed by atoms with van der Waals surface area (Å²) in [6.07, 6.45) is 12.7. The van der Waals surface area contributed by atoms with Crippen LogP contribution in [0.3, 0.4) is 0 Å². The Bertz CT molecular complexity index is 1490. The molecule has 182 valence electrons. The molecule has 36 heavy (non-hydrogen) atoms. The van der Waals surface area contributed by atoms with Crippen LogP contribution in [-0.2, 0) is 4.79 Å². The number of fused-ring (bicyclic) bond motifs is 1. The summed E-state index contributed by atoms with van der Waals surface area (Å²) in [7, 11) is 0. The summed E-state index contributed by atoms with van der Waals surface area (Å²) in [5, 5.41) is 15.5. The highest BCUT2D eigenvalue weighted by molar-refractivity contribution is 5.87. The van der Waals surface area contributed by atoms with Crippen LogP contribution in [0.5, 0.6) is 5.75 Å². The molecule has 0 saturated carbocycles. The highest BCUT2D eigenvalue weighted by Crippen LogP contribution is 2.23. The van der Waals surface area contributed by atoms with E-state index < -0.39 is 5.54 Å². The second kappa shape index (κ2) is 10.3. The quantitative estimate of drug-likeness (QED) is 0.223. The van der Waals surface area contributed by atoms with Gasteiger partial charge in [-0.05, 0) is 57.0 Å². The SMILES string of the molecule is C#CC(C)(C)NC(=O)COc1cccc(-c2nc(Nc3ccc(N)c(C=N)c3)c3c(n2)=CCCC=3)c1. The number of carbonyl (C=O) groups excluding carboxylic acids is 1. The van der Waals surface area contributed by atoms with E-state index in [2.05, 4.69) is 28.7 Å². The number of terminal acetylenes is 1. The van der Waals surface area contributed by atoms with Gasteiger partial charge in [0.05, 0.1) is 10.9 Å². The smallest absolute Gasteiger partial charge is 0.259 e. The number of hydrogen-bond acceptors (Lipinski definition) is 7. The summed E-state index contributed by atoms with van der Waals surface area (Å²) in [6.45, 7) is 3.33. The summed E-state index contributed by atoms with van der Waals surface area (Å²) in [4.78, 5) is 21.8. The predicted octanol–water partition coefficient (Wildman–Crippen LogP) is 2.73. The predicted molar refractivity (Wildman–Crippen MR) is 143 cm³/mol. The molecule has 0 atom stereocenters. The Morgan fingerprint density at radius 1 is 1.22 bits per heavy atom. The number of nitrogens with zero attached hydrogens (tertiary/aromatic N) is 2. The van der Waals surface area contributed by atoms with Crippen LogP contribution in [0.1, 0.15) is 32.3 Å². The van der Waals surface area contributed by atoms with Crippen LogP contribution >= 0.6 is 0 Å². The lowest BCUT2D eigenvalue weighted by atomic mass is 10.1. The molecule has 4 rings (SSSR count). The van der Waals surface area contributed by atoms with Gasteiger partial charge in [-0.25, -0.2) is 9.97 Å². The maximum absolute atomic E-state index is 12.2. The van der Waals surface area contributed by atoms with Crippen molar-refractivity contribution >= 4 is 41.5 Å². The molecule has 1 heterocycles. The number of amides is 1. The minimum Gasteiger partial charge on any atom is -0.484 e. The van der Waals surface area contributed by atoms with Crippen LogP contribution in [0, 0.1) is 17.8 Å². The summed E-state index contributed by atoms with van der Waals surface area (Å²) < 4.78 is 5.70. The normalized spacial score (nSPS) is 12.2. The fourth-order valence-corrected chi connectivity index (χ4v) is 3.72. The Balaban J connectivity index is 1.63. The number of carbonyl (C=O) groups is 1. The average molecular weight is 481 g/mol. The number of ether oxygens (including phenoxy) is 1. The van der Waals surface area contributed by atoms with Gasteiger partial charge in [-0.3, -0.25) is 4.79 Å². The Morgan fingerprint density at radius 3 is 2.81 bits per heavy atom. The molecule has 1 aliphatic carbocycles. The minimum atomic E-state index is -0.750. The molecular weight excluding hydrogens is 452 g/mol. The van der Waals surface area contributed by atoms with E-state index in [1.165, 1.54) is 6.21 Å². The lowest BCUT2D eigenvalue weighted by molar-refractivity contribution is -0.124. The molecule has 0 unspecified atom stereocenters. The highest BCUT2D eigenvalue weighted by atomic mass is 16.5. The van der Waals surface area contributed by atoms with Gasteiger partial charge in [0.15, 0.2) is 12.4 Å². The van der Waals surface area contributed by atoms with Gasteiger partial charge in [0.2, 0.25) is 0 Å². The van der Waals surface area contributed by atoms with Gasteiger partial charge >= 0.3 is 0 Å². The topological polar surface area (TPSA) is 126 Å². The molecule has 1 aromatic heterocycles. The zero-order valence-corrected chi connectivity index (χ0v) is 20.3. The molecule has 0 bridgehead atoms. The minimum absolute atomic E-state index is 0.165. The largest absolute Gasteiger partial charge is 0.484 e. The molecule has 0 aliphatic heterocycles. The molecule has 1 amide bonds. The van der Waals surface area contributed by atoms with Crippen LogP contribution in [-0.4, -0.2) is 34.2 Å². The van der Waals surface area contributed by atoms with Crippen molar-refractivity contribution in [1.29, 1.82) is 5.41 Å². The highest BCUT2D eigenvalue weighted by Gasteiger charge is 2.17. The van der Waals surface area contributed by atoms with Gasteiger partial charge in [0.1, 0.15) is 11.6 Å². The molecule has 3 aromatic rings. The van der Waals surface area contributed by atoms with Gasteiger partial charge < -0.3 is 26.5 Å². The zero-order valence-electron chi connectivity index (χ0n) is 20.3. The van der Waals surface area contributed by atoms with Crippen molar-refractivity contribution in [1.82, 2.24) is 15.3 Å². The molecule has 0 fully saturated rings. The molecule has 8 nitrogen and oxygen atoms in total. The first kappa shape index (κ1) is 24.5. The van der Waals surface area contributed by atoms with Crippen LogP contribution in [0.25, 0.3) is 23.5 Å². The van der Waals surface area contributed by atoms with Gasteiger partial charge in [-0.2, -0.15) is 0 Å². The van der Waals surface area contributed by atoms with Gasteiger partial charge in [0, 0.05) is 33.9 Å². The lowest BCUT2D eigenvalue weighted by Gasteiger charge is -2.19. The molecule has 0 spiro atoms. The first-order valence-corrected chi connectivity index (χ1v) is 11.6. The van der Waals surface area contributed by atoms with E-state index in [0.29, 0.717) is 28.6 Å². The summed E-state index contributed by atoms with van der Waals surface area (Å²) in [6, 6.07) is 12.7. The van der Waals surface area contributed by atoms with Crippen molar-refractivity contribution < 1.29 is 9.53 Å². The Hall–Kier alpha value is -4.64. The second-order valence-corrected chi connectivity index (χ2v) is 8.93. The number of aromatic nitrogens is 2. The summed E-state index contributed by atoms with van der Waals surface area (Å²) in [5.74, 6) is 3.92. The van der Waals surface area contributed by atoms with Gasteiger partial charge in [-0.15, -0.1) is 6.42 Å². The second-order valence-electron chi connectivity index (χ2n) is 8.93. The van der Waals surface area contributed by atoms with E-state index in [9.17, 15) is 4.79 Å². The zero-order chi connectivity index (χ0) is 25.7. The Labute approximate surface area is 209 Å². The summed E-state index contributed by atoms with van der Waals surface area (Å²) >= 11 is 0. The maximum Gasteiger partial charge on any atom is 0.259 e. The Morgan fingerprint density at radius 2 is 2.03 bits per heavy atom. The van der Waals surface area contributed by atoms with E-state index in [1.807, 2.05) is 24.3 Å². The first-order valence-electron chi connectivity index (χ1n) is 11.6. The monoisotopic (exact) mass is 480 g/mol. The van der Waals surface area contributed by atoms with Crippen LogP contribution in [0.15, 0.2) is 42.5 Å². The third-order valence-electron chi connectivity index (χ3n) is 5.61. The van der Waals surface area contributed by atoms with Gasteiger partial charge in [0.25, 0.3) is 5.91 Å². The van der Waals surface area contributed by atoms with E-state index in [4.69, 9.17) is 32.3 Å². The lowest BCUT2D eigenvalue weighted by Crippen LogP contribution is -2.44. The Kier molecular flexibility index (Phi) is 7.02. The van der Waals surface area contributed by atoms with E-state index in [1.54, 1.807) is 32.0 Å². The molecule has 5 N–H and O–H groups in total. The molecule has 8 heteroatoms. The van der Waals surface area contributed by atoms with Crippen LogP contribution in [0.2, 0.25) is 0 Å². The van der Waals surface area contributed by atoms with E-state index in [0.717, 1.165) is 34.7 Å². The number of benzene rings is 2. The number of nitrogens with one attached hydrogen (secondary N) is 3. The average Bonchev–Trinajstić information content (AvgIpc) is 2.88. The van der Waals surface area contributed by atoms with Crippen molar-refractivity contribution in [2.75, 3.05) is 17.7 Å². The van der Waals surface area contributed by atoms with Gasteiger partial charge in [-0.1, -0.05) is 30.2 Å². The van der Waals surface area contributed by atoms with E-state index >= 15 is 0 Å². The maximum atomic E-state index is 12.2. The number of hydrogen-bond donors (Lipinski definition) is 4. The fourth-order valence-electron chi connectivity index (χ4n) is 3.72. The number of rotatable bonds is 8. The third kappa shape index (κ3) is 5.70. The first-order chi connectivity index (χ1) is 17.3. The molecule has 2 aromatic carbocycles. The van der Waals surface area contributed by atoms with Crippen LogP contribution < -0.4 is 31.7 Å². The molecule has 0 radical (unpaired) electrons. The van der Waals surface area contributed by atoms with Crippen molar-refractivity contribution in [3.05, 3.63) is 58.6 Å². The standard InChI is InChI=1S/C28H28N6O2/c1-4-28(2,3)34-25(35)17-36-21-9-7-8-18(15-21)26-32-24-11-6-5-10-22(24)27(33-26)31-20-12-13-23(30)19(14-20)16-29/h1,7-16,29H,5-6,17,30H2,2-3H3,(H,34,35)(H,31,32,33). The molecule has 1 aliphatic rings. The molecule has 0 saturated heterocycles. The summed E-state index contributed by atoms with van der Waals surface area (Å²) in [5.41, 5.74) is 7.87. The number of nitrogens with two attached hydrogens (primary N) is 1. The third-order valence-corrected chi connectivity index (χ3v) is 5.61. The van der Waals surface area contributed by atoms with Crippen LogP contribution in [0.4, 0.5) is 17.2 Å². The fraction of sp³-hybridized carbons (Fsp3) is 0.214. The molecular formula is C28H28N6O2. The van der Waals surface area contributed by atoms with E-state index in [-0.39, 0.29) is 12.5 Å². The number of nitrogen functional groups attached to an aromatic ring is 1. The van der Waals surface area contributed by atoms with Crippen molar-refractivity contribution in [2.24, 2.45) is 0 Å². The van der Waals surface area contributed by atoms with Crippen molar-refractivity contribution in [3.63, 3.8) is 0 Å². The van der Waals surface area contributed by atoms with Crippen molar-refractivity contribution in [3.8, 4) is 29.5 Å². The number of anilines is 3.